The lowest BCUT2D eigenvalue weighted by molar-refractivity contribution is 0.840. The van der Waals surface area contributed by atoms with Crippen LogP contribution >= 0.6 is 11.8 Å². The molecule has 3 rings (SSSR count). The fourth-order valence-electron chi connectivity index (χ4n) is 3.17. The second-order valence-corrected chi connectivity index (χ2v) is 6.42. The third kappa shape index (κ3) is 2.65. The summed E-state index contributed by atoms with van der Waals surface area (Å²) in [4.78, 5) is 3.54. The molecule has 4 heteroatoms. The third-order valence-corrected chi connectivity index (χ3v) is 5.11. The highest BCUT2D eigenvalue weighted by atomic mass is 32.2. The maximum atomic E-state index is 9.83. The molecule has 2 aromatic heterocycles. The van der Waals surface area contributed by atoms with Gasteiger partial charge < -0.3 is 9.30 Å². The van der Waals surface area contributed by atoms with Crippen molar-refractivity contribution in [1.82, 2.24) is 4.40 Å². The Balaban J connectivity index is 2.35. The summed E-state index contributed by atoms with van der Waals surface area (Å²) in [5.74, 6) is 1.10. The first-order valence-corrected chi connectivity index (χ1v) is 9.40. The van der Waals surface area contributed by atoms with Gasteiger partial charge in [-0.3, -0.25) is 0 Å². The van der Waals surface area contributed by atoms with Gasteiger partial charge in [-0.1, -0.05) is 18.2 Å². The molecule has 3 nitrogen and oxygen atoms in total. The fraction of sp³-hybridized carbons (Fsp3) is 0.250. The lowest BCUT2D eigenvalue weighted by Crippen LogP contribution is -2.23. The molecule has 0 spiro atoms. The van der Waals surface area contributed by atoms with Gasteiger partial charge in [-0.2, -0.15) is 5.26 Å². The number of thioether (sulfide) groups is 1. The summed E-state index contributed by atoms with van der Waals surface area (Å²) in [5, 5.41) is 9.83. The Hall–Kier alpha value is -2.38. The molecular weight excluding hydrogens is 314 g/mol. The Morgan fingerprint density at radius 1 is 1.08 bits per heavy atom. The van der Waals surface area contributed by atoms with E-state index in [0.29, 0.717) is 0 Å². The maximum absolute atomic E-state index is 9.83. The number of aromatic nitrogens is 1. The van der Waals surface area contributed by atoms with Gasteiger partial charge in [-0.25, -0.2) is 0 Å². The van der Waals surface area contributed by atoms with E-state index in [0.717, 1.165) is 41.1 Å². The first kappa shape index (κ1) is 16.5. The molecule has 0 radical (unpaired) electrons. The van der Waals surface area contributed by atoms with Gasteiger partial charge >= 0.3 is 0 Å². The number of hydrogen-bond donors (Lipinski definition) is 0. The van der Waals surface area contributed by atoms with Crippen molar-refractivity contribution < 1.29 is 0 Å². The summed E-state index contributed by atoms with van der Waals surface area (Å²) < 4.78 is 2.14. The van der Waals surface area contributed by atoms with Crippen molar-refractivity contribution in [3.05, 3.63) is 54.2 Å². The first-order chi connectivity index (χ1) is 11.7. The molecule has 0 bridgehead atoms. The summed E-state index contributed by atoms with van der Waals surface area (Å²) in [6.07, 6.45) is 4.12. The Morgan fingerprint density at radius 2 is 1.79 bits per heavy atom. The smallest absolute Gasteiger partial charge is 0.122 e. The lowest BCUT2D eigenvalue weighted by Gasteiger charge is -2.23. The van der Waals surface area contributed by atoms with Crippen LogP contribution in [0.3, 0.4) is 0 Å². The van der Waals surface area contributed by atoms with Crippen LogP contribution in [0.15, 0.2) is 53.6 Å². The Kier molecular flexibility index (Phi) is 4.82. The highest BCUT2D eigenvalue weighted by Gasteiger charge is 2.22. The summed E-state index contributed by atoms with van der Waals surface area (Å²) >= 11 is 1.73. The van der Waals surface area contributed by atoms with Crippen LogP contribution in [0.1, 0.15) is 19.4 Å². The average molecular weight is 335 g/mol. The number of benzene rings is 1. The molecule has 0 saturated heterocycles. The van der Waals surface area contributed by atoms with E-state index in [1.807, 2.05) is 24.4 Å². The molecule has 0 aliphatic rings. The molecule has 0 atom stereocenters. The molecular formula is C20H21N3S. The molecule has 1 aromatic carbocycles. The third-order valence-electron chi connectivity index (χ3n) is 4.37. The van der Waals surface area contributed by atoms with Crippen molar-refractivity contribution in [2.45, 2.75) is 18.7 Å². The van der Waals surface area contributed by atoms with Crippen LogP contribution in [0.25, 0.3) is 16.6 Å². The largest absolute Gasteiger partial charge is 0.358 e. The van der Waals surface area contributed by atoms with Crippen LogP contribution in [0, 0.1) is 11.3 Å². The average Bonchev–Trinajstić information content (AvgIpc) is 2.97. The van der Waals surface area contributed by atoms with Crippen LogP contribution in [0.2, 0.25) is 0 Å². The number of nitrogens with zero attached hydrogens (tertiary/aromatic N) is 3. The van der Waals surface area contributed by atoms with E-state index in [4.69, 9.17) is 0 Å². The summed E-state index contributed by atoms with van der Waals surface area (Å²) in [6.45, 7) is 6.10. The summed E-state index contributed by atoms with van der Waals surface area (Å²) in [5.41, 5.74) is 3.83. The molecule has 0 unspecified atom stereocenters. The number of fused-ring (bicyclic) bond motifs is 1. The van der Waals surface area contributed by atoms with Gasteiger partial charge in [0.25, 0.3) is 0 Å². The van der Waals surface area contributed by atoms with Gasteiger partial charge in [0.1, 0.15) is 11.9 Å². The minimum atomic E-state index is 0.745. The second-order valence-electron chi connectivity index (χ2n) is 5.54. The lowest BCUT2D eigenvalue weighted by atomic mass is 10.0. The van der Waals surface area contributed by atoms with Gasteiger partial charge in [0.05, 0.1) is 11.1 Å². The van der Waals surface area contributed by atoms with Crippen molar-refractivity contribution in [3.8, 4) is 17.2 Å². The van der Waals surface area contributed by atoms with E-state index in [9.17, 15) is 5.26 Å². The van der Waals surface area contributed by atoms with Crippen molar-refractivity contribution in [3.63, 3.8) is 0 Å². The molecule has 0 aliphatic carbocycles. The number of hydrogen-bond acceptors (Lipinski definition) is 3. The van der Waals surface area contributed by atoms with E-state index in [1.165, 1.54) is 4.90 Å². The van der Waals surface area contributed by atoms with Crippen LogP contribution < -0.4 is 4.90 Å². The first-order valence-electron chi connectivity index (χ1n) is 8.17. The number of pyridine rings is 1. The van der Waals surface area contributed by atoms with Crippen molar-refractivity contribution in [2.75, 3.05) is 24.2 Å². The van der Waals surface area contributed by atoms with Gasteiger partial charge in [0.15, 0.2) is 0 Å². The molecule has 122 valence electrons. The highest BCUT2D eigenvalue weighted by Crippen LogP contribution is 2.39. The Morgan fingerprint density at radius 3 is 2.38 bits per heavy atom. The SMILES string of the molecule is CCN(CC)c1c(-c2ccc(SC)cc2)c(C#N)c2ccccn12. The standard InChI is InChI=1S/C20H21N3S/c1-4-22(5-2)20-19(15-9-11-16(24-3)12-10-15)17(14-21)18-8-6-7-13-23(18)20/h6-13H,4-5H2,1-3H3. The zero-order valence-electron chi connectivity index (χ0n) is 14.3. The predicted octanol–water partition coefficient (Wildman–Crippen LogP) is 5.05. The van der Waals surface area contributed by atoms with Crippen molar-refractivity contribution in [2.24, 2.45) is 0 Å². The summed E-state index contributed by atoms with van der Waals surface area (Å²) in [6, 6.07) is 16.9. The van der Waals surface area contributed by atoms with Crippen molar-refractivity contribution >= 4 is 23.1 Å². The molecule has 0 aliphatic heterocycles. The van der Waals surface area contributed by atoms with E-state index >= 15 is 0 Å². The van der Waals surface area contributed by atoms with Gasteiger partial charge in [-0.15, -0.1) is 11.8 Å². The zero-order chi connectivity index (χ0) is 17.1. The van der Waals surface area contributed by atoms with Gasteiger partial charge in [-0.05, 0) is 49.9 Å². The minimum absolute atomic E-state index is 0.745. The van der Waals surface area contributed by atoms with Crippen LogP contribution in [-0.2, 0) is 0 Å². The molecule has 0 fully saturated rings. The van der Waals surface area contributed by atoms with Gasteiger partial charge in [0.2, 0.25) is 0 Å². The topological polar surface area (TPSA) is 31.4 Å². The van der Waals surface area contributed by atoms with Crippen LogP contribution in [-0.4, -0.2) is 23.7 Å². The Labute approximate surface area is 147 Å². The Bertz CT molecular complexity index is 884. The second kappa shape index (κ2) is 7.02. The molecule has 2 heterocycles. The number of anilines is 1. The summed E-state index contributed by atoms with van der Waals surface area (Å²) in [7, 11) is 0. The normalized spacial score (nSPS) is 10.8. The van der Waals surface area contributed by atoms with Crippen molar-refractivity contribution in [1.29, 1.82) is 5.26 Å². The molecule has 0 saturated carbocycles. The number of nitriles is 1. The monoisotopic (exact) mass is 335 g/mol. The van der Waals surface area contributed by atoms with E-state index in [2.05, 4.69) is 59.7 Å². The molecule has 3 aromatic rings. The van der Waals surface area contributed by atoms with E-state index in [1.54, 1.807) is 11.8 Å². The van der Waals surface area contributed by atoms with Crippen LogP contribution in [0.4, 0.5) is 5.82 Å². The molecule has 24 heavy (non-hydrogen) atoms. The fourth-order valence-corrected chi connectivity index (χ4v) is 3.58. The predicted molar refractivity (Wildman–Crippen MR) is 103 cm³/mol. The quantitative estimate of drug-likeness (QED) is 0.612. The van der Waals surface area contributed by atoms with E-state index in [-0.39, 0.29) is 0 Å². The minimum Gasteiger partial charge on any atom is -0.358 e. The highest BCUT2D eigenvalue weighted by molar-refractivity contribution is 7.98. The molecule has 0 amide bonds. The zero-order valence-corrected chi connectivity index (χ0v) is 15.1. The molecule has 0 N–H and O–H groups in total. The van der Waals surface area contributed by atoms with Crippen LogP contribution in [0.5, 0.6) is 0 Å². The van der Waals surface area contributed by atoms with E-state index < -0.39 is 0 Å². The van der Waals surface area contributed by atoms with Gasteiger partial charge in [0, 0.05) is 29.7 Å². The maximum Gasteiger partial charge on any atom is 0.122 e. The number of rotatable bonds is 5.